The minimum absolute atomic E-state index is 0.0593. The van der Waals surface area contributed by atoms with Crippen molar-refractivity contribution in [1.82, 2.24) is 0 Å². The van der Waals surface area contributed by atoms with E-state index in [1.165, 1.54) is 37.0 Å². The lowest BCUT2D eigenvalue weighted by atomic mass is 9.47. The van der Waals surface area contributed by atoms with Crippen LogP contribution in [0.3, 0.4) is 0 Å². The fraction of sp³-hybridized carbons (Fsp3) is 0.818. The van der Waals surface area contributed by atoms with Gasteiger partial charge in [-0.3, -0.25) is 9.59 Å². The molecule has 0 aromatic carbocycles. The number of rotatable bonds is 8. The summed E-state index contributed by atoms with van der Waals surface area (Å²) in [5, 5.41) is 0. The normalized spacial score (nSPS) is 40.2. The van der Waals surface area contributed by atoms with Crippen LogP contribution in [0.25, 0.3) is 0 Å². The third-order valence-electron chi connectivity index (χ3n) is 11.5. The summed E-state index contributed by atoms with van der Waals surface area (Å²) >= 11 is 0. The predicted molar refractivity (Wildman–Crippen MR) is 148 cm³/mol. The minimum Gasteiger partial charge on any atom is -0.494 e. The Morgan fingerprint density at radius 1 is 1.11 bits per heavy atom. The van der Waals surface area contributed by atoms with Crippen molar-refractivity contribution in [2.45, 2.75) is 124 Å². The van der Waals surface area contributed by atoms with Gasteiger partial charge in [0.2, 0.25) is 0 Å². The predicted octanol–water partition coefficient (Wildman–Crippen LogP) is 7.54. The zero-order chi connectivity index (χ0) is 27.2. The van der Waals surface area contributed by atoms with Crippen molar-refractivity contribution < 1.29 is 23.8 Å². The quantitative estimate of drug-likeness (QED) is 0.241. The van der Waals surface area contributed by atoms with Crippen LogP contribution in [0.1, 0.15) is 112 Å². The van der Waals surface area contributed by atoms with Gasteiger partial charge in [-0.05, 0) is 91.9 Å². The van der Waals surface area contributed by atoms with Gasteiger partial charge in [-0.1, -0.05) is 46.3 Å². The Hall–Kier alpha value is -1.78. The Balaban J connectivity index is 1.26. The Morgan fingerprint density at radius 2 is 1.87 bits per heavy atom. The Labute approximate surface area is 230 Å². The molecule has 1 heterocycles. The Bertz CT molecular complexity index is 995. The Kier molecular flexibility index (Phi) is 7.79. The van der Waals surface area contributed by atoms with E-state index in [0.29, 0.717) is 48.7 Å². The first-order valence-electron chi connectivity index (χ1n) is 15.5. The number of allylic oxidation sites excluding steroid dienone is 2. The van der Waals surface area contributed by atoms with E-state index in [4.69, 9.17) is 14.2 Å². The van der Waals surface area contributed by atoms with E-state index in [2.05, 4.69) is 33.8 Å². The average Bonchev–Trinajstić information content (AvgIpc) is 3.38. The molecule has 5 rings (SSSR count). The lowest BCUT2D eigenvalue weighted by Gasteiger charge is -2.58. The van der Waals surface area contributed by atoms with Crippen molar-refractivity contribution in [1.29, 1.82) is 0 Å². The van der Waals surface area contributed by atoms with E-state index in [1.54, 1.807) is 5.57 Å². The molecule has 38 heavy (non-hydrogen) atoms. The third kappa shape index (κ3) is 4.74. The zero-order valence-electron chi connectivity index (χ0n) is 24.6. The van der Waals surface area contributed by atoms with E-state index in [9.17, 15) is 9.59 Å². The summed E-state index contributed by atoms with van der Waals surface area (Å²) in [6.07, 6.45) is 13.8. The summed E-state index contributed by atoms with van der Waals surface area (Å²) in [4.78, 5) is 23.4. The molecule has 212 valence electrons. The fourth-order valence-corrected chi connectivity index (χ4v) is 9.38. The van der Waals surface area contributed by atoms with E-state index < -0.39 is 0 Å². The van der Waals surface area contributed by atoms with Crippen molar-refractivity contribution >= 4 is 11.9 Å². The summed E-state index contributed by atoms with van der Waals surface area (Å²) in [7, 11) is 0. The van der Waals surface area contributed by atoms with Crippen LogP contribution in [-0.2, 0) is 23.8 Å². The van der Waals surface area contributed by atoms with Gasteiger partial charge in [-0.15, -0.1) is 0 Å². The van der Waals surface area contributed by atoms with Gasteiger partial charge in [-0.2, -0.15) is 0 Å². The maximum atomic E-state index is 11.9. The van der Waals surface area contributed by atoms with E-state index >= 15 is 0 Å². The molecule has 5 nitrogen and oxygen atoms in total. The summed E-state index contributed by atoms with van der Waals surface area (Å²) < 4.78 is 17.9. The van der Waals surface area contributed by atoms with Crippen molar-refractivity contribution in [3.63, 3.8) is 0 Å². The largest absolute Gasteiger partial charge is 0.494 e. The van der Waals surface area contributed by atoms with Crippen LogP contribution < -0.4 is 0 Å². The van der Waals surface area contributed by atoms with Gasteiger partial charge in [0.05, 0.1) is 12.4 Å². The highest BCUT2D eigenvalue weighted by atomic mass is 16.5. The van der Waals surface area contributed by atoms with Gasteiger partial charge in [0.25, 0.3) is 0 Å². The molecule has 0 amide bonds. The lowest BCUT2D eigenvalue weighted by molar-refractivity contribution is -0.151. The number of carbonyl (C=O) groups excluding carboxylic acids is 2. The number of ether oxygens (including phenoxy) is 3. The van der Waals surface area contributed by atoms with E-state index in [-0.39, 0.29) is 23.5 Å². The lowest BCUT2D eigenvalue weighted by Crippen LogP contribution is -2.50. The van der Waals surface area contributed by atoms with Crippen LogP contribution >= 0.6 is 0 Å². The molecule has 4 aliphatic carbocycles. The molecule has 0 saturated heterocycles. The van der Waals surface area contributed by atoms with Gasteiger partial charge in [-0.25, -0.2) is 0 Å². The average molecular weight is 527 g/mol. The van der Waals surface area contributed by atoms with Crippen LogP contribution in [0.5, 0.6) is 0 Å². The molecule has 3 saturated carbocycles. The third-order valence-corrected chi connectivity index (χ3v) is 11.5. The van der Waals surface area contributed by atoms with Crippen molar-refractivity contribution in [2.24, 2.45) is 40.4 Å². The highest BCUT2D eigenvalue weighted by Gasteiger charge is 2.63. The second kappa shape index (κ2) is 10.7. The molecule has 0 spiro atoms. The highest BCUT2D eigenvalue weighted by molar-refractivity contribution is 5.69. The number of esters is 2. The van der Waals surface area contributed by atoms with Crippen LogP contribution in [0.2, 0.25) is 0 Å². The molecule has 3 fully saturated rings. The van der Waals surface area contributed by atoms with Gasteiger partial charge in [0, 0.05) is 31.6 Å². The molecule has 0 aromatic heterocycles. The summed E-state index contributed by atoms with van der Waals surface area (Å²) in [5.74, 6) is 4.11. The second-order valence-corrected chi connectivity index (χ2v) is 13.7. The number of fused-ring (bicyclic) bond motifs is 7. The molecule has 7 unspecified atom stereocenters. The summed E-state index contributed by atoms with van der Waals surface area (Å²) in [5.41, 5.74) is 3.63. The van der Waals surface area contributed by atoms with Crippen LogP contribution in [-0.4, -0.2) is 30.8 Å². The first kappa shape index (κ1) is 27.8. The van der Waals surface area contributed by atoms with E-state index in [0.717, 1.165) is 43.9 Å². The molecule has 0 bridgehead atoms. The van der Waals surface area contributed by atoms with Gasteiger partial charge in [0.1, 0.15) is 12.2 Å². The Morgan fingerprint density at radius 3 is 2.61 bits per heavy atom. The molecule has 5 heteroatoms. The topological polar surface area (TPSA) is 61.8 Å². The standard InChI is InChI=1S/C33H50O5/c1-7-29(34)36-19-20(3)9-12-27-21(4)31-28(38-27)18-26-24-11-10-22-17-23(37-30(35)8-2)13-15-32(22,5)25(24)14-16-33(26,31)6/h10,20,23-26,28,31H,7-9,11-19H2,1-6H3/t20?,23?,24?,25?,26?,28?,31?,32-,33-/m0/s1. The summed E-state index contributed by atoms with van der Waals surface area (Å²) in [6, 6.07) is 0. The summed E-state index contributed by atoms with van der Waals surface area (Å²) in [6.45, 7) is 13.8. The SMILES string of the molecule is CCC(=O)OCC(C)CCC1=C(C)C2C(CC3C4CC=C5CC(OC(=O)CC)CC[C@]5(C)C4CC[C@@]32C)O1. The maximum absolute atomic E-state index is 11.9. The van der Waals surface area contributed by atoms with Crippen LogP contribution in [0.4, 0.5) is 0 Å². The molecular formula is C33H50O5. The monoisotopic (exact) mass is 526 g/mol. The first-order chi connectivity index (χ1) is 18.1. The molecular weight excluding hydrogens is 476 g/mol. The van der Waals surface area contributed by atoms with Crippen molar-refractivity contribution in [2.75, 3.05) is 6.61 Å². The smallest absolute Gasteiger partial charge is 0.305 e. The highest BCUT2D eigenvalue weighted by Crippen LogP contribution is 2.69. The molecule has 1 aliphatic heterocycles. The molecule has 0 radical (unpaired) electrons. The van der Waals surface area contributed by atoms with Gasteiger partial charge < -0.3 is 14.2 Å². The van der Waals surface area contributed by atoms with Crippen molar-refractivity contribution in [3.8, 4) is 0 Å². The fourth-order valence-electron chi connectivity index (χ4n) is 9.38. The van der Waals surface area contributed by atoms with Crippen LogP contribution in [0.15, 0.2) is 23.0 Å². The first-order valence-corrected chi connectivity index (χ1v) is 15.5. The minimum atomic E-state index is -0.111. The number of carbonyl (C=O) groups is 2. The maximum Gasteiger partial charge on any atom is 0.305 e. The van der Waals surface area contributed by atoms with Gasteiger partial charge in [0.15, 0.2) is 0 Å². The van der Waals surface area contributed by atoms with Crippen molar-refractivity contribution in [3.05, 3.63) is 23.0 Å². The molecule has 9 atom stereocenters. The van der Waals surface area contributed by atoms with Gasteiger partial charge >= 0.3 is 11.9 Å². The molecule has 0 aromatic rings. The molecule has 0 N–H and O–H groups in total. The van der Waals surface area contributed by atoms with Crippen LogP contribution in [0, 0.1) is 40.4 Å². The number of hydrogen-bond acceptors (Lipinski definition) is 5. The number of hydrogen-bond donors (Lipinski definition) is 0. The molecule has 5 aliphatic rings. The zero-order valence-corrected chi connectivity index (χ0v) is 24.6. The second-order valence-electron chi connectivity index (χ2n) is 13.7. The van der Waals surface area contributed by atoms with E-state index in [1.807, 2.05) is 13.8 Å².